The van der Waals surface area contributed by atoms with Gasteiger partial charge < -0.3 is 15.3 Å². The van der Waals surface area contributed by atoms with Gasteiger partial charge in [0.05, 0.1) is 0 Å². The zero-order valence-corrected chi connectivity index (χ0v) is 14.8. The monoisotopic (exact) mass is 332 g/mol. The Morgan fingerprint density at radius 2 is 2.00 bits per heavy atom. The fourth-order valence-corrected chi connectivity index (χ4v) is 3.08. The molecule has 2 atom stereocenters. The molecule has 0 bridgehead atoms. The molecular weight excluding hydrogens is 304 g/mol. The molecular formula is C19H28N2O3. The molecule has 1 heterocycles. The summed E-state index contributed by atoms with van der Waals surface area (Å²) in [5.74, 6) is 0.155. The number of aliphatic hydroxyl groups is 1. The number of aliphatic hydroxyl groups excluding tert-OH is 1. The van der Waals surface area contributed by atoms with Crippen molar-refractivity contribution in [3.8, 4) is 0 Å². The van der Waals surface area contributed by atoms with Gasteiger partial charge in [-0.15, -0.1) is 0 Å². The molecule has 0 spiro atoms. The minimum atomic E-state index is -0.418. The smallest absolute Gasteiger partial charge is 0.243 e. The van der Waals surface area contributed by atoms with Crippen LogP contribution in [-0.4, -0.2) is 40.5 Å². The first-order valence-electron chi connectivity index (χ1n) is 8.68. The fraction of sp³-hybridized carbons (Fsp3) is 0.579. The zero-order valence-electron chi connectivity index (χ0n) is 14.8. The number of amides is 2. The molecule has 2 amide bonds. The Morgan fingerprint density at radius 1 is 1.33 bits per heavy atom. The van der Waals surface area contributed by atoms with E-state index in [0.29, 0.717) is 25.8 Å². The van der Waals surface area contributed by atoms with Crippen LogP contribution in [0.15, 0.2) is 24.3 Å². The lowest BCUT2D eigenvalue weighted by molar-refractivity contribution is -0.136. The molecule has 5 heteroatoms. The number of nitrogens with one attached hydrogen (secondary N) is 1. The molecule has 1 aliphatic rings. The van der Waals surface area contributed by atoms with E-state index in [-0.39, 0.29) is 30.4 Å². The second-order valence-electron chi connectivity index (χ2n) is 6.93. The van der Waals surface area contributed by atoms with Gasteiger partial charge in [0, 0.05) is 25.6 Å². The lowest BCUT2D eigenvalue weighted by Crippen LogP contribution is -2.49. The van der Waals surface area contributed by atoms with E-state index in [0.717, 1.165) is 5.56 Å². The van der Waals surface area contributed by atoms with Crippen molar-refractivity contribution < 1.29 is 14.7 Å². The fourth-order valence-electron chi connectivity index (χ4n) is 3.08. The summed E-state index contributed by atoms with van der Waals surface area (Å²) in [5, 5.41) is 12.2. The van der Waals surface area contributed by atoms with Gasteiger partial charge in [-0.3, -0.25) is 9.59 Å². The lowest BCUT2D eigenvalue weighted by atomic mass is 10.0. The van der Waals surface area contributed by atoms with Gasteiger partial charge in [0.15, 0.2) is 0 Å². The highest BCUT2D eigenvalue weighted by Crippen LogP contribution is 2.22. The SMILES string of the molecule is Cc1ccc(CN2C(=O)CCC2C(=O)NC(CCO)C(C)C)cc1. The second-order valence-corrected chi connectivity index (χ2v) is 6.93. The van der Waals surface area contributed by atoms with E-state index in [9.17, 15) is 9.59 Å². The molecule has 0 radical (unpaired) electrons. The highest BCUT2D eigenvalue weighted by molar-refractivity contribution is 5.91. The van der Waals surface area contributed by atoms with Gasteiger partial charge in [-0.25, -0.2) is 0 Å². The summed E-state index contributed by atoms with van der Waals surface area (Å²) >= 11 is 0. The lowest BCUT2D eigenvalue weighted by Gasteiger charge is -2.28. The summed E-state index contributed by atoms with van der Waals surface area (Å²) < 4.78 is 0. The molecule has 2 unspecified atom stereocenters. The van der Waals surface area contributed by atoms with Gasteiger partial charge in [0.2, 0.25) is 11.8 Å². The molecule has 2 N–H and O–H groups in total. The molecule has 1 saturated heterocycles. The van der Waals surface area contributed by atoms with Crippen LogP contribution >= 0.6 is 0 Å². The molecule has 5 nitrogen and oxygen atoms in total. The third-order valence-corrected chi connectivity index (χ3v) is 4.68. The number of hydrogen-bond donors (Lipinski definition) is 2. The number of likely N-dealkylation sites (tertiary alicyclic amines) is 1. The first-order chi connectivity index (χ1) is 11.4. The number of carbonyl (C=O) groups excluding carboxylic acids is 2. The number of nitrogens with zero attached hydrogens (tertiary/aromatic N) is 1. The summed E-state index contributed by atoms with van der Waals surface area (Å²) in [6.07, 6.45) is 1.50. The van der Waals surface area contributed by atoms with E-state index in [1.165, 1.54) is 5.56 Å². The Labute approximate surface area is 144 Å². The Kier molecular flexibility index (Phi) is 6.37. The predicted octanol–water partition coefficient (Wildman–Crippen LogP) is 2.01. The highest BCUT2D eigenvalue weighted by Gasteiger charge is 2.36. The molecule has 0 saturated carbocycles. The summed E-state index contributed by atoms with van der Waals surface area (Å²) in [6.45, 7) is 6.56. The van der Waals surface area contributed by atoms with Crippen molar-refractivity contribution >= 4 is 11.8 Å². The normalized spacial score (nSPS) is 19.0. The van der Waals surface area contributed by atoms with Crippen molar-refractivity contribution in [2.24, 2.45) is 5.92 Å². The van der Waals surface area contributed by atoms with E-state index in [4.69, 9.17) is 5.11 Å². The summed E-state index contributed by atoms with van der Waals surface area (Å²) in [6, 6.07) is 7.54. The maximum Gasteiger partial charge on any atom is 0.243 e. The molecule has 2 rings (SSSR count). The van der Waals surface area contributed by atoms with Crippen LogP contribution in [0, 0.1) is 12.8 Å². The van der Waals surface area contributed by atoms with E-state index < -0.39 is 6.04 Å². The zero-order chi connectivity index (χ0) is 17.7. The Bertz CT molecular complexity index is 568. The summed E-state index contributed by atoms with van der Waals surface area (Å²) in [7, 11) is 0. The average molecular weight is 332 g/mol. The number of aryl methyl sites for hydroxylation is 1. The molecule has 132 valence electrons. The first kappa shape index (κ1) is 18.5. The van der Waals surface area contributed by atoms with Gasteiger partial charge in [-0.2, -0.15) is 0 Å². The van der Waals surface area contributed by atoms with Crippen molar-refractivity contribution in [3.63, 3.8) is 0 Å². The minimum absolute atomic E-state index is 0.0268. The number of rotatable bonds is 7. The second kappa shape index (κ2) is 8.29. The molecule has 0 aliphatic carbocycles. The summed E-state index contributed by atoms with van der Waals surface area (Å²) in [5.41, 5.74) is 2.20. The molecule has 1 aromatic rings. The van der Waals surface area contributed by atoms with Gasteiger partial charge in [0.25, 0.3) is 0 Å². The van der Waals surface area contributed by atoms with Gasteiger partial charge in [0.1, 0.15) is 6.04 Å². The van der Waals surface area contributed by atoms with Crippen LogP contribution in [0.2, 0.25) is 0 Å². The maximum absolute atomic E-state index is 12.6. The Hall–Kier alpha value is -1.88. The van der Waals surface area contributed by atoms with Crippen LogP contribution in [0.3, 0.4) is 0 Å². The Morgan fingerprint density at radius 3 is 2.58 bits per heavy atom. The van der Waals surface area contributed by atoms with Gasteiger partial charge in [-0.05, 0) is 31.2 Å². The van der Waals surface area contributed by atoms with Crippen molar-refractivity contribution in [3.05, 3.63) is 35.4 Å². The van der Waals surface area contributed by atoms with Crippen LogP contribution in [0.5, 0.6) is 0 Å². The van der Waals surface area contributed by atoms with E-state index >= 15 is 0 Å². The van der Waals surface area contributed by atoms with Crippen LogP contribution in [0.25, 0.3) is 0 Å². The van der Waals surface area contributed by atoms with Crippen molar-refractivity contribution in [2.75, 3.05) is 6.61 Å². The topological polar surface area (TPSA) is 69.6 Å². The van der Waals surface area contributed by atoms with Crippen molar-refractivity contribution in [1.29, 1.82) is 0 Å². The minimum Gasteiger partial charge on any atom is -0.396 e. The quantitative estimate of drug-likeness (QED) is 0.802. The number of benzene rings is 1. The van der Waals surface area contributed by atoms with E-state index in [1.807, 2.05) is 45.0 Å². The van der Waals surface area contributed by atoms with Crippen molar-refractivity contribution in [1.82, 2.24) is 10.2 Å². The molecule has 0 aromatic heterocycles. The van der Waals surface area contributed by atoms with E-state index in [2.05, 4.69) is 5.32 Å². The van der Waals surface area contributed by atoms with E-state index in [1.54, 1.807) is 4.90 Å². The average Bonchev–Trinajstić information content (AvgIpc) is 2.90. The van der Waals surface area contributed by atoms with Gasteiger partial charge in [-0.1, -0.05) is 43.7 Å². The third kappa shape index (κ3) is 4.57. The highest BCUT2D eigenvalue weighted by atomic mass is 16.3. The molecule has 1 fully saturated rings. The van der Waals surface area contributed by atoms with Crippen LogP contribution in [0.4, 0.5) is 0 Å². The van der Waals surface area contributed by atoms with Gasteiger partial charge >= 0.3 is 0 Å². The Balaban J connectivity index is 2.05. The van der Waals surface area contributed by atoms with Crippen LogP contribution in [0.1, 0.15) is 44.2 Å². The molecule has 24 heavy (non-hydrogen) atoms. The molecule has 1 aliphatic heterocycles. The third-order valence-electron chi connectivity index (χ3n) is 4.68. The van der Waals surface area contributed by atoms with Crippen LogP contribution in [-0.2, 0) is 16.1 Å². The predicted molar refractivity (Wildman–Crippen MR) is 93.2 cm³/mol. The van der Waals surface area contributed by atoms with Crippen molar-refractivity contribution in [2.45, 2.75) is 58.7 Å². The maximum atomic E-state index is 12.6. The first-order valence-corrected chi connectivity index (χ1v) is 8.68. The summed E-state index contributed by atoms with van der Waals surface area (Å²) in [4.78, 5) is 26.5. The number of hydrogen-bond acceptors (Lipinski definition) is 3. The number of carbonyl (C=O) groups is 2. The molecule has 1 aromatic carbocycles. The largest absolute Gasteiger partial charge is 0.396 e. The van der Waals surface area contributed by atoms with Crippen LogP contribution < -0.4 is 5.32 Å². The standard InChI is InChI=1S/C19H28N2O3/c1-13(2)16(10-11-22)20-19(24)17-8-9-18(23)21(17)12-15-6-4-14(3)5-7-15/h4-7,13,16-17,22H,8-12H2,1-3H3,(H,20,24).